The average Bonchev–Trinajstić information content (AvgIpc) is 3.07. The molecule has 6 heteroatoms. The second kappa shape index (κ2) is 10.1. The zero-order valence-electron chi connectivity index (χ0n) is 26.6. The van der Waals surface area contributed by atoms with E-state index in [9.17, 15) is 9.59 Å². The SMILES string of the molecule is CC(=O)O[C@@H]1CC[C@]2(C)CC3=CC[C@H]4[C@@](C)(CC[C@H]5OC(C)(C)[C@H](OC(C)=O)CC[C@]45C)[C@@H]3CC[C@H]2OC1(C)C. The Bertz CT molecular complexity index is 1050. The summed E-state index contributed by atoms with van der Waals surface area (Å²) in [6.07, 6.45) is 12.7. The molecule has 2 heterocycles. The maximum Gasteiger partial charge on any atom is 0.303 e. The number of hydrogen-bond donors (Lipinski definition) is 0. The van der Waals surface area contributed by atoms with Gasteiger partial charge in [-0.25, -0.2) is 0 Å². The summed E-state index contributed by atoms with van der Waals surface area (Å²) < 4.78 is 25.3. The van der Waals surface area contributed by atoms with E-state index in [-0.39, 0.29) is 52.6 Å². The first-order valence-electron chi connectivity index (χ1n) is 15.9. The van der Waals surface area contributed by atoms with Gasteiger partial charge in [0.05, 0.1) is 23.4 Å². The second-order valence-electron chi connectivity index (χ2n) is 15.8. The summed E-state index contributed by atoms with van der Waals surface area (Å²) in [6.45, 7) is 18.9. The largest absolute Gasteiger partial charge is 0.460 e. The van der Waals surface area contributed by atoms with Gasteiger partial charge in [-0.05, 0) is 120 Å². The molecule has 3 aliphatic carbocycles. The van der Waals surface area contributed by atoms with E-state index in [0.717, 1.165) is 64.2 Å². The molecule has 4 fully saturated rings. The van der Waals surface area contributed by atoms with Crippen molar-refractivity contribution in [2.75, 3.05) is 0 Å². The van der Waals surface area contributed by atoms with Crippen molar-refractivity contribution in [3.63, 3.8) is 0 Å². The summed E-state index contributed by atoms with van der Waals surface area (Å²) in [7, 11) is 0. The number of ether oxygens (including phenoxy) is 4. The Labute approximate surface area is 242 Å². The molecule has 5 rings (SSSR count). The molecule has 6 nitrogen and oxygen atoms in total. The first-order chi connectivity index (χ1) is 18.5. The highest BCUT2D eigenvalue weighted by Crippen LogP contribution is 2.66. The van der Waals surface area contributed by atoms with Gasteiger partial charge in [0.25, 0.3) is 0 Å². The van der Waals surface area contributed by atoms with Crippen LogP contribution in [0.1, 0.15) is 127 Å². The zero-order valence-corrected chi connectivity index (χ0v) is 26.6. The van der Waals surface area contributed by atoms with Crippen LogP contribution in [-0.4, -0.2) is 47.6 Å². The lowest BCUT2D eigenvalue weighted by atomic mass is 9.46. The molecular weight excluding hydrogens is 504 g/mol. The fourth-order valence-electron chi connectivity index (χ4n) is 9.94. The molecule has 0 amide bonds. The number of fused-ring (bicyclic) bond motifs is 6. The van der Waals surface area contributed by atoms with Gasteiger partial charge in [0.15, 0.2) is 0 Å². The van der Waals surface area contributed by atoms with E-state index in [0.29, 0.717) is 11.8 Å². The molecule has 0 N–H and O–H groups in total. The summed E-state index contributed by atoms with van der Waals surface area (Å²) in [5.74, 6) is 0.628. The van der Waals surface area contributed by atoms with Crippen molar-refractivity contribution >= 4 is 11.9 Å². The van der Waals surface area contributed by atoms with E-state index in [2.05, 4.69) is 54.5 Å². The Hall–Kier alpha value is -1.40. The zero-order chi connectivity index (χ0) is 29.3. The minimum absolute atomic E-state index is 0.0315. The molecule has 2 saturated heterocycles. The second-order valence-corrected chi connectivity index (χ2v) is 15.8. The lowest BCUT2D eigenvalue weighted by Gasteiger charge is -2.60. The van der Waals surface area contributed by atoms with Crippen LogP contribution in [0.2, 0.25) is 0 Å². The Morgan fingerprint density at radius 2 is 1.27 bits per heavy atom. The maximum absolute atomic E-state index is 11.9. The van der Waals surface area contributed by atoms with E-state index in [4.69, 9.17) is 18.9 Å². The standard InChI is InChI=1S/C34H54O6/c1-21(35)37-26-14-17-32(7)20-23-10-12-25-33(8,24(23)11-13-28(32)39-30(26,3)4)18-16-29-34(25,9)19-15-27(38-22(2)36)31(5,6)40-29/h10,24-29H,11-20H2,1-9H3/t24-,25+,26-,27-,28-,29-,32-,33+,34-/m1/s1. The minimum Gasteiger partial charge on any atom is -0.460 e. The summed E-state index contributed by atoms with van der Waals surface area (Å²) in [5.41, 5.74) is 0.919. The molecule has 0 aromatic rings. The van der Waals surface area contributed by atoms with Gasteiger partial charge in [0, 0.05) is 13.8 Å². The summed E-state index contributed by atoms with van der Waals surface area (Å²) in [4.78, 5) is 23.8. The van der Waals surface area contributed by atoms with E-state index in [1.165, 1.54) is 13.8 Å². The Morgan fingerprint density at radius 3 is 1.88 bits per heavy atom. The topological polar surface area (TPSA) is 71.1 Å². The van der Waals surface area contributed by atoms with Gasteiger partial charge in [0.2, 0.25) is 0 Å². The number of carbonyl (C=O) groups excluding carboxylic acids is 2. The fraction of sp³-hybridized carbons (Fsp3) is 0.882. The predicted molar refractivity (Wildman–Crippen MR) is 155 cm³/mol. The quantitative estimate of drug-likeness (QED) is 0.261. The highest BCUT2D eigenvalue weighted by atomic mass is 16.6. The van der Waals surface area contributed by atoms with E-state index < -0.39 is 11.2 Å². The molecule has 0 unspecified atom stereocenters. The molecule has 0 aromatic carbocycles. The first-order valence-corrected chi connectivity index (χ1v) is 15.9. The van der Waals surface area contributed by atoms with Crippen LogP contribution in [0.15, 0.2) is 11.6 Å². The van der Waals surface area contributed by atoms with Crippen LogP contribution in [0.4, 0.5) is 0 Å². The Morgan fingerprint density at radius 1 is 0.725 bits per heavy atom. The maximum atomic E-state index is 11.9. The normalized spacial score (nSPS) is 46.0. The molecule has 226 valence electrons. The number of carbonyl (C=O) groups is 2. The van der Waals surface area contributed by atoms with E-state index in [1.54, 1.807) is 5.57 Å². The van der Waals surface area contributed by atoms with E-state index >= 15 is 0 Å². The van der Waals surface area contributed by atoms with E-state index in [1.807, 2.05) is 0 Å². The Kier molecular flexibility index (Phi) is 7.60. The molecule has 0 spiro atoms. The molecule has 0 radical (unpaired) electrons. The minimum atomic E-state index is -0.501. The summed E-state index contributed by atoms with van der Waals surface area (Å²) in [5, 5.41) is 0. The van der Waals surface area contributed by atoms with Crippen LogP contribution < -0.4 is 0 Å². The van der Waals surface area contributed by atoms with Crippen LogP contribution in [-0.2, 0) is 28.5 Å². The van der Waals surface area contributed by atoms with Gasteiger partial charge in [-0.15, -0.1) is 0 Å². The molecular formula is C34H54O6. The third kappa shape index (κ3) is 5.08. The number of rotatable bonds is 2. The first kappa shape index (κ1) is 30.1. The Balaban J connectivity index is 1.42. The van der Waals surface area contributed by atoms with Crippen molar-refractivity contribution in [3.05, 3.63) is 11.6 Å². The van der Waals surface area contributed by atoms with Crippen LogP contribution in [0.5, 0.6) is 0 Å². The van der Waals surface area contributed by atoms with Crippen molar-refractivity contribution in [1.29, 1.82) is 0 Å². The highest BCUT2D eigenvalue weighted by Gasteiger charge is 2.61. The van der Waals surface area contributed by atoms with Crippen molar-refractivity contribution in [2.24, 2.45) is 28.1 Å². The fourth-order valence-corrected chi connectivity index (χ4v) is 9.94. The van der Waals surface area contributed by atoms with Crippen molar-refractivity contribution < 1.29 is 28.5 Å². The smallest absolute Gasteiger partial charge is 0.303 e. The van der Waals surface area contributed by atoms with Gasteiger partial charge in [0.1, 0.15) is 12.2 Å². The van der Waals surface area contributed by atoms with Crippen LogP contribution in [0.25, 0.3) is 0 Å². The molecule has 2 saturated carbocycles. The average molecular weight is 559 g/mol. The predicted octanol–water partition coefficient (Wildman–Crippen LogP) is 7.32. The number of hydrogen-bond acceptors (Lipinski definition) is 6. The monoisotopic (exact) mass is 558 g/mol. The summed E-state index contributed by atoms with van der Waals surface area (Å²) >= 11 is 0. The van der Waals surface area contributed by atoms with Gasteiger partial charge < -0.3 is 18.9 Å². The van der Waals surface area contributed by atoms with Crippen molar-refractivity contribution in [1.82, 2.24) is 0 Å². The molecule has 2 aliphatic heterocycles. The third-order valence-electron chi connectivity index (χ3n) is 12.2. The molecule has 0 bridgehead atoms. The molecule has 5 aliphatic rings. The van der Waals surface area contributed by atoms with Crippen LogP contribution >= 0.6 is 0 Å². The lowest BCUT2D eigenvalue weighted by Crippen LogP contribution is -2.56. The molecule has 40 heavy (non-hydrogen) atoms. The lowest BCUT2D eigenvalue weighted by molar-refractivity contribution is -0.203. The van der Waals surface area contributed by atoms with Crippen LogP contribution in [0, 0.1) is 28.1 Å². The number of allylic oxidation sites excluding steroid dienone is 2. The highest BCUT2D eigenvalue weighted by molar-refractivity contribution is 5.66. The molecule has 9 atom stereocenters. The van der Waals surface area contributed by atoms with Crippen molar-refractivity contribution in [3.8, 4) is 0 Å². The van der Waals surface area contributed by atoms with Gasteiger partial charge in [-0.1, -0.05) is 32.4 Å². The van der Waals surface area contributed by atoms with Gasteiger partial charge in [-0.2, -0.15) is 0 Å². The van der Waals surface area contributed by atoms with Gasteiger partial charge >= 0.3 is 11.9 Å². The third-order valence-corrected chi connectivity index (χ3v) is 12.2. The molecule has 0 aromatic heterocycles. The van der Waals surface area contributed by atoms with Crippen LogP contribution in [0.3, 0.4) is 0 Å². The number of esters is 2. The summed E-state index contributed by atoms with van der Waals surface area (Å²) in [6, 6.07) is 0. The van der Waals surface area contributed by atoms with Gasteiger partial charge in [-0.3, -0.25) is 9.59 Å². The van der Waals surface area contributed by atoms with Crippen molar-refractivity contribution in [2.45, 2.75) is 162 Å².